The molecule has 0 fully saturated rings. The first kappa shape index (κ1) is 36.2. The highest BCUT2D eigenvalue weighted by Crippen LogP contribution is 2.39. The number of para-hydroxylation sites is 1. The predicted octanol–water partition coefficient (Wildman–Crippen LogP) is 12.5. The molecular weight excluding hydrogens is 747 g/mol. The molecule has 4 heteroatoms. The number of amidine groups is 1. The zero-order chi connectivity index (χ0) is 40.3. The lowest BCUT2D eigenvalue weighted by Crippen LogP contribution is -2.24. The molecule has 3 aliphatic rings. The van der Waals surface area contributed by atoms with Gasteiger partial charge >= 0.3 is 0 Å². The van der Waals surface area contributed by atoms with E-state index in [4.69, 9.17) is 9.98 Å². The van der Waals surface area contributed by atoms with E-state index in [2.05, 4.69) is 201 Å². The van der Waals surface area contributed by atoms with Gasteiger partial charge in [-0.3, -0.25) is 0 Å². The number of rotatable bonds is 6. The SMILES string of the molecule is C=C(N=C(N=C(C)C1=c2c(sc3ccccc23)=CC(C)C=C1)c1ccc(-n2c3c(c4ccccc42)C=CC(c2ccccc2)C3)cc1)c1ccc2c(c1)Cc1ccccc1-2. The van der Waals surface area contributed by atoms with Crippen molar-refractivity contribution in [1.82, 2.24) is 4.57 Å². The van der Waals surface area contributed by atoms with Crippen molar-refractivity contribution in [2.45, 2.75) is 32.6 Å². The molecule has 0 radical (unpaired) electrons. The van der Waals surface area contributed by atoms with Crippen LogP contribution in [0.15, 0.2) is 180 Å². The highest BCUT2D eigenvalue weighted by atomic mass is 32.1. The van der Waals surface area contributed by atoms with Crippen molar-refractivity contribution in [2.24, 2.45) is 15.9 Å². The molecule has 0 spiro atoms. The van der Waals surface area contributed by atoms with Gasteiger partial charge in [-0.1, -0.05) is 147 Å². The molecular formula is C56H43N3S. The number of hydrogen-bond donors (Lipinski definition) is 0. The van der Waals surface area contributed by atoms with Gasteiger partial charge in [0.15, 0.2) is 5.84 Å². The number of fused-ring (bicyclic) bond motifs is 9. The number of allylic oxidation sites excluding steroid dienone is 3. The van der Waals surface area contributed by atoms with Crippen molar-refractivity contribution in [3.05, 3.63) is 219 Å². The fraction of sp³-hybridized carbons (Fsp3) is 0.107. The van der Waals surface area contributed by atoms with Gasteiger partial charge in [-0.25, -0.2) is 9.98 Å². The lowest BCUT2D eigenvalue weighted by molar-refractivity contribution is 0.783. The van der Waals surface area contributed by atoms with Gasteiger partial charge in [-0.2, -0.15) is 0 Å². The number of nitrogens with zero attached hydrogens (tertiary/aromatic N) is 3. The third-order valence-corrected chi connectivity index (χ3v) is 13.6. The second-order valence-electron chi connectivity index (χ2n) is 16.3. The summed E-state index contributed by atoms with van der Waals surface area (Å²) in [5.41, 5.74) is 16.3. The highest BCUT2D eigenvalue weighted by Gasteiger charge is 2.24. The zero-order valence-corrected chi connectivity index (χ0v) is 34.6. The van der Waals surface area contributed by atoms with Crippen molar-refractivity contribution in [1.29, 1.82) is 0 Å². The summed E-state index contributed by atoms with van der Waals surface area (Å²) in [6.07, 6.45) is 13.5. The van der Waals surface area contributed by atoms with Crippen molar-refractivity contribution in [3.8, 4) is 16.8 Å². The minimum Gasteiger partial charge on any atom is -0.313 e. The average Bonchev–Trinajstić information content (AvgIpc) is 3.91. The van der Waals surface area contributed by atoms with E-state index in [0.29, 0.717) is 23.4 Å². The molecule has 0 amide bonds. The van der Waals surface area contributed by atoms with E-state index < -0.39 is 0 Å². The van der Waals surface area contributed by atoms with Crippen molar-refractivity contribution < 1.29 is 0 Å². The van der Waals surface area contributed by atoms with Gasteiger partial charge in [0.05, 0.1) is 11.2 Å². The summed E-state index contributed by atoms with van der Waals surface area (Å²) < 4.78 is 5.03. The summed E-state index contributed by atoms with van der Waals surface area (Å²) in [6, 6.07) is 52.5. The topological polar surface area (TPSA) is 29.6 Å². The van der Waals surface area contributed by atoms with Crippen LogP contribution >= 0.6 is 11.3 Å². The van der Waals surface area contributed by atoms with Gasteiger partial charge in [0.1, 0.15) is 0 Å². The van der Waals surface area contributed by atoms with E-state index in [9.17, 15) is 0 Å². The zero-order valence-electron chi connectivity index (χ0n) is 33.8. The van der Waals surface area contributed by atoms with Crippen LogP contribution in [-0.4, -0.2) is 16.1 Å². The van der Waals surface area contributed by atoms with Crippen LogP contribution in [0.3, 0.4) is 0 Å². The van der Waals surface area contributed by atoms with Crippen LogP contribution in [-0.2, 0) is 12.8 Å². The van der Waals surface area contributed by atoms with Crippen LogP contribution in [0, 0.1) is 5.92 Å². The van der Waals surface area contributed by atoms with Crippen LogP contribution in [0.5, 0.6) is 0 Å². The molecule has 0 N–H and O–H groups in total. The first-order valence-corrected chi connectivity index (χ1v) is 21.7. The molecule has 0 saturated heterocycles. The molecule has 2 unspecified atom stereocenters. The van der Waals surface area contributed by atoms with Crippen LogP contribution < -0.4 is 9.75 Å². The molecule has 60 heavy (non-hydrogen) atoms. The standard InChI is InChI=1S/C56H43N3S/c1-35-21-28-45(55-50-18-10-12-20-53(50)60-54(55)31-35)37(3)58-56(57-36(2)40-24-29-47-43(32-40)33-42-15-7-8-16-46(42)47)39-22-26-44(27-23-39)59-51-19-11-9-17-48(51)49-30-25-41(34-52(49)59)38-13-5-4-6-14-38/h4-32,35,41H,2,33-34H2,1,3H3. The Morgan fingerprint density at radius 1 is 0.700 bits per heavy atom. The van der Waals surface area contributed by atoms with Gasteiger partial charge in [-0.05, 0) is 102 Å². The van der Waals surface area contributed by atoms with Gasteiger partial charge in [0.25, 0.3) is 0 Å². The Balaban J connectivity index is 1.03. The molecule has 2 atom stereocenters. The first-order valence-electron chi connectivity index (χ1n) is 20.9. The molecule has 8 aromatic rings. The molecule has 0 bridgehead atoms. The van der Waals surface area contributed by atoms with E-state index in [-0.39, 0.29) is 0 Å². The summed E-state index contributed by atoms with van der Waals surface area (Å²) in [7, 11) is 0. The summed E-state index contributed by atoms with van der Waals surface area (Å²) in [5, 5.41) is 3.78. The minimum absolute atomic E-state index is 0.308. The highest BCUT2D eigenvalue weighted by molar-refractivity contribution is 7.17. The fourth-order valence-electron chi connectivity index (χ4n) is 9.45. The van der Waals surface area contributed by atoms with E-state index in [1.54, 1.807) is 0 Å². The van der Waals surface area contributed by atoms with E-state index >= 15 is 0 Å². The molecule has 2 heterocycles. The fourth-order valence-corrected chi connectivity index (χ4v) is 10.7. The molecule has 3 aliphatic carbocycles. The molecule has 11 rings (SSSR count). The quantitative estimate of drug-likeness (QED) is 0.119. The van der Waals surface area contributed by atoms with Gasteiger partial charge in [0.2, 0.25) is 0 Å². The Morgan fingerprint density at radius 2 is 1.43 bits per heavy atom. The minimum atomic E-state index is 0.308. The van der Waals surface area contributed by atoms with E-state index in [1.807, 2.05) is 11.3 Å². The molecule has 0 saturated carbocycles. The maximum atomic E-state index is 5.44. The summed E-state index contributed by atoms with van der Waals surface area (Å²) >= 11 is 1.85. The normalized spacial score (nSPS) is 16.9. The maximum Gasteiger partial charge on any atom is 0.160 e. The molecule has 3 nitrogen and oxygen atoms in total. The number of benzene rings is 6. The van der Waals surface area contributed by atoms with Crippen molar-refractivity contribution >= 4 is 67.3 Å². The predicted molar refractivity (Wildman–Crippen MR) is 256 cm³/mol. The second-order valence-corrected chi connectivity index (χ2v) is 17.3. The summed E-state index contributed by atoms with van der Waals surface area (Å²) in [6.45, 7) is 8.93. The van der Waals surface area contributed by atoms with Gasteiger partial charge < -0.3 is 4.57 Å². The van der Waals surface area contributed by atoms with Crippen molar-refractivity contribution in [3.63, 3.8) is 0 Å². The van der Waals surface area contributed by atoms with Crippen LogP contribution in [0.1, 0.15) is 58.8 Å². The lowest BCUT2D eigenvalue weighted by atomic mass is 9.88. The van der Waals surface area contributed by atoms with Crippen molar-refractivity contribution in [2.75, 3.05) is 0 Å². The van der Waals surface area contributed by atoms with Crippen LogP contribution in [0.4, 0.5) is 0 Å². The molecule has 0 aliphatic heterocycles. The summed E-state index contributed by atoms with van der Waals surface area (Å²) in [5.74, 6) is 1.26. The second kappa shape index (κ2) is 14.7. The molecule has 2 aromatic heterocycles. The number of aromatic nitrogens is 1. The maximum absolute atomic E-state index is 5.44. The van der Waals surface area contributed by atoms with Gasteiger partial charge in [0, 0.05) is 64.9 Å². The Bertz CT molecular complexity index is 3300. The van der Waals surface area contributed by atoms with Gasteiger partial charge in [-0.15, -0.1) is 11.3 Å². The first-order chi connectivity index (χ1) is 29.5. The molecule has 6 aromatic carbocycles. The average molecular weight is 790 g/mol. The third-order valence-electron chi connectivity index (χ3n) is 12.4. The lowest BCUT2D eigenvalue weighted by Gasteiger charge is -2.21. The summed E-state index contributed by atoms with van der Waals surface area (Å²) in [4.78, 5) is 10.7. The largest absolute Gasteiger partial charge is 0.313 e. The smallest absolute Gasteiger partial charge is 0.160 e. The van der Waals surface area contributed by atoms with E-state index in [0.717, 1.165) is 40.9 Å². The third kappa shape index (κ3) is 6.27. The Hall–Kier alpha value is -6.88. The van der Waals surface area contributed by atoms with E-state index in [1.165, 1.54) is 69.8 Å². The Labute approximate surface area is 354 Å². The number of hydrogen-bond acceptors (Lipinski definition) is 2. The Morgan fingerprint density at radius 3 is 2.30 bits per heavy atom. The van der Waals surface area contributed by atoms with Crippen LogP contribution in [0.2, 0.25) is 0 Å². The number of thiophene rings is 1. The van der Waals surface area contributed by atoms with Crippen LogP contribution in [0.25, 0.3) is 61.2 Å². The Kier molecular flexibility index (Phi) is 8.90. The molecule has 288 valence electrons. The monoisotopic (exact) mass is 789 g/mol. The number of aliphatic imine (C=N–C) groups is 2.